The summed E-state index contributed by atoms with van der Waals surface area (Å²) in [6.07, 6.45) is 0. The van der Waals surface area contributed by atoms with Crippen molar-refractivity contribution in [3.8, 4) is 5.75 Å². The van der Waals surface area contributed by atoms with Crippen molar-refractivity contribution < 1.29 is 8.95 Å². The third-order valence-electron chi connectivity index (χ3n) is 1.99. The first-order valence-corrected chi connectivity index (χ1v) is 6.66. The van der Waals surface area contributed by atoms with Crippen LogP contribution in [0.4, 0.5) is 0 Å². The first-order chi connectivity index (χ1) is 7.40. The predicted molar refractivity (Wildman–Crippen MR) is 68.0 cm³/mol. The van der Waals surface area contributed by atoms with Gasteiger partial charge >= 0.3 is 0 Å². The van der Waals surface area contributed by atoms with Gasteiger partial charge in [-0.2, -0.15) is 0 Å². The van der Waals surface area contributed by atoms with Gasteiger partial charge in [0.2, 0.25) is 0 Å². The van der Waals surface area contributed by atoms with Crippen LogP contribution in [0.15, 0.2) is 24.3 Å². The molecule has 2 N–H and O–H groups in total. The lowest BCUT2D eigenvalue weighted by Gasteiger charge is -2.17. The maximum Gasteiger partial charge on any atom is 0.119 e. The Labute approximate surface area is 99.4 Å². The number of hydrogen-bond donors (Lipinski definition) is 1. The molecule has 0 heterocycles. The summed E-state index contributed by atoms with van der Waals surface area (Å²) in [7, 11) is 0.693. The molecule has 4 heteroatoms. The van der Waals surface area contributed by atoms with E-state index in [-0.39, 0.29) is 5.54 Å². The minimum Gasteiger partial charge on any atom is -0.497 e. The monoisotopic (exact) mass is 241 g/mol. The number of nitrogens with two attached hydrogens (primary N) is 1. The van der Waals surface area contributed by atoms with Crippen LogP contribution in [-0.2, 0) is 16.6 Å². The Morgan fingerprint density at radius 1 is 1.44 bits per heavy atom. The Hall–Kier alpha value is -0.870. The largest absolute Gasteiger partial charge is 0.497 e. The molecule has 90 valence electrons. The van der Waals surface area contributed by atoms with E-state index >= 15 is 0 Å². The third kappa shape index (κ3) is 4.77. The summed E-state index contributed by atoms with van der Waals surface area (Å²) in [6.45, 7) is 3.77. The fraction of sp³-hybridized carbons (Fsp3) is 0.500. The van der Waals surface area contributed by atoms with E-state index in [9.17, 15) is 4.21 Å². The molecule has 1 rings (SSSR count). The summed E-state index contributed by atoms with van der Waals surface area (Å²) in [4.78, 5) is 0. The quantitative estimate of drug-likeness (QED) is 0.853. The van der Waals surface area contributed by atoms with Gasteiger partial charge in [0.1, 0.15) is 5.75 Å². The summed E-state index contributed by atoms with van der Waals surface area (Å²) in [5.74, 6) is 1.82. The van der Waals surface area contributed by atoms with E-state index in [0.29, 0.717) is 11.5 Å². The minimum absolute atomic E-state index is 0.385. The molecule has 1 aromatic carbocycles. The number of rotatable bonds is 5. The molecule has 0 bridgehead atoms. The van der Waals surface area contributed by atoms with E-state index in [1.54, 1.807) is 7.11 Å². The Balaban J connectivity index is 2.62. The maximum absolute atomic E-state index is 11.8. The van der Waals surface area contributed by atoms with Crippen molar-refractivity contribution >= 4 is 10.8 Å². The van der Waals surface area contributed by atoms with Crippen LogP contribution in [0.1, 0.15) is 19.4 Å². The summed E-state index contributed by atoms with van der Waals surface area (Å²) in [5, 5.41) is 0. The predicted octanol–water partition coefficient (Wildman–Crippen LogP) is 1.68. The first-order valence-electron chi connectivity index (χ1n) is 5.17. The highest BCUT2D eigenvalue weighted by Crippen LogP contribution is 2.14. The van der Waals surface area contributed by atoms with E-state index < -0.39 is 10.8 Å². The molecule has 1 atom stereocenters. The van der Waals surface area contributed by atoms with Crippen molar-refractivity contribution in [2.24, 2.45) is 5.73 Å². The van der Waals surface area contributed by atoms with Crippen LogP contribution in [0.5, 0.6) is 5.75 Å². The number of hydrogen-bond acceptors (Lipinski definition) is 3. The molecule has 0 aliphatic rings. The van der Waals surface area contributed by atoms with Crippen molar-refractivity contribution in [2.45, 2.75) is 25.1 Å². The van der Waals surface area contributed by atoms with E-state index in [4.69, 9.17) is 10.5 Å². The lowest BCUT2D eigenvalue weighted by Crippen LogP contribution is -2.38. The SMILES string of the molecule is COc1cccc(CS(=O)CC(C)(C)N)c1. The lowest BCUT2D eigenvalue weighted by molar-refractivity contribution is 0.414. The van der Waals surface area contributed by atoms with Crippen LogP contribution in [0.25, 0.3) is 0 Å². The smallest absolute Gasteiger partial charge is 0.119 e. The van der Waals surface area contributed by atoms with Crippen molar-refractivity contribution in [2.75, 3.05) is 12.9 Å². The second-order valence-electron chi connectivity index (χ2n) is 4.57. The Bertz CT molecular complexity index is 372. The van der Waals surface area contributed by atoms with E-state index in [1.165, 1.54) is 0 Å². The van der Waals surface area contributed by atoms with Gasteiger partial charge in [0, 0.05) is 27.8 Å². The van der Waals surface area contributed by atoms with Gasteiger partial charge in [0.15, 0.2) is 0 Å². The highest BCUT2D eigenvalue weighted by molar-refractivity contribution is 7.84. The molecule has 0 saturated carbocycles. The molecule has 0 radical (unpaired) electrons. The fourth-order valence-corrected chi connectivity index (χ4v) is 2.90. The zero-order chi connectivity index (χ0) is 12.2. The van der Waals surface area contributed by atoms with Gasteiger partial charge in [-0.25, -0.2) is 0 Å². The summed E-state index contributed by atoms with van der Waals surface area (Å²) in [5.41, 5.74) is 6.46. The summed E-state index contributed by atoms with van der Waals surface area (Å²) in [6, 6.07) is 7.63. The number of ether oxygens (including phenoxy) is 1. The number of benzene rings is 1. The standard InChI is InChI=1S/C12H19NO2S/c1-12(2,13)9-16(14)8-10-5-4-6-11(7-10)15-3/h4-7H,8-9,13H2,1-3H3. The van der Waals surface area contributed by atoms with E-state index in [0.717, 1.165) is 11.3 Å². The van der Waals surface area contributed by atoms with Gasteiger partial charge < -0.3 is 10.5 Å². The minimum atomic E-state index is -0.931. The molecule has 0 amide bonds. The van der Waals surface area contributed by atoms with Gasteiger partial charge in [-0.1, -0.05) is 12.1 Å². The third-order valence-corrected chi connectivity index (χ3v) is 3.72. The molecule has 0 fully saturated rings. The molecule has 0 aliphatic heterocycles. The van der Waals surface area contributed by atoms with Crippen LogP contribution in [0.3, 0.4) is 0 Å². The maximum atomic E-state index is 11.8. The molecule has 1 unspecified atom stereocenters. The lowest BCUT2D eigenvalue weighted by atomic mass is 10.1. The normalized spacial score (nSPS) is 13.5. The first kappa shape index (κ1) is 13.2. The van der Waals surface area contributed by atoms with Crippen LogP contribution in [-0.4, -0.2) is 22.6 Å². The molecular weight excluding hydrogens is 222 g/mol. The van der Waals surface area contributed by atoms with Crippen molar-refractivity contribution in [3.63, 3.8) is 0 Å². The number of methoxy groups -OCH3 is 1. The van der Waals surface area contributed by atoms with Gasteiger partial charge in [0.25, 0.3) is 0 Å². The van der Waals surface area contributed by atoms with Gasteiger partial charge in [0.05, 0.1) is 7.11 Å². The molecule has 16 heavy (non-hydrogen) atoms. The molecule has 0 saturated heterocycles. The van der Waals surface area contributed by atoms with Gasteiger partial charge in [-0.3, -0.25) is 4.21 Å². The zero-order valence-electron chi connectivity index (χ0n) is 10.0. The van der Waals surface area contributed by atoms with Gasteiger partial charge in [-0.15, -0.1) is 0 Å². The zero-order valence-corrected chi connectivity index (χ0v) is 10.8. The molecular formula is C12H19NO2S. The Morgan fingerprint density at radius 2 is 2.12 bits per heavy atom. The molecule has 0 aromatic heterocycles. The van der Waals surface area contributed by atoms with Crippen molar-refractivity contribution in [3.05, 3.63) is 29.8 Å². The van der Waals surface area contributed by atoms with E-state index in [2.05, 4.69) is 0 Å². The highest BCUT2D eigenvalue weighted by Gasteiger charge is 2.15. The molecule has 0 aliphatic carbocycles. The van der Waals surface area contributed by atoms with Crippen LogP contribution in [0.2, 0.25) is 0 Å². The van der Waals surface area contributed by atoms with Crippen LogP contribution >= 0.6 is 0 Å². The van der Waals surface area contributed by atoms with Gasteiger partial charge in [-0.05, 0) is 31.5 Å². The summed E-state index contributed by atoms with van der Waals surface area (Å²) >= 11 is 0. The Kier molecular flexibility index (Phi) is 4.50. The summed E-state index contributed by atoms with van der Waals surface area (Å²) < 4.78 is 16.9. The van der Waals surface area contributed by atoms with Crippen LogP contribution in [0, 0.1) is 0 Å². The average Bonchev–Trinajstić information content (AvgIpc) is 2.15. The fourth-order valence-electron chi connectivity index (χ4n) is 1.41. The second kappa shape index (κ2) is 5.46. The topological polar surface area (TPSA) is 52.3 Å². The molecule has 1 aromatic rings. The molecule has 0 spiro atoms. The van der Waals surface area contributed by atoms with Crippen molar-refractivity contribution in [1.29, 1.82) is 0 Å². The second-order valence-corrected chi connectivity index (χ2v) is 6.03. The van der Waals surface area contributed by atoms with Crippen molar-refractivity contribution in [1.82, 2.24) is 0 Å². The average molecular weight is 241 g/mol. The Morgan fingerprint density at radius 3 is 2.69 bits per heavy atom. The highest BCUT2D eigenvalue weighted by atomic mass is 32.2. The van der Waals surface area contributed by atoms with E-state index in [1.807, 2.05) is 38.1 Å². The van der Waals surface area contributed by atoms with Crippen LogP contribution < -0.4 is 10.5 Å². The molecule has 3 nitrogen and oxygen atoms in total.